The number of hydrogen-bond acceptors (Lipinski definition) is 4. The highest BCUT2D eigenvalue weighted by molar-refractivity contribution is 7.90. The molecule has 1 heterocycles. The first-order chi connectivity index (χ1) is 13.3. The van der Waals surface area contributed by atoms with Crippen molar-refractivity contribution in [3.05, 3.63) is 60.8 Å². The fourth-order valence-electron chi connectivity index (χ4n) is 2.81. The lowest BCUT2D eigenvalue weighted by atomic mass is 10.2. The normalized spacial score (nSPS) is 12.5. The van der Waals surface area contributed by atoms with Crippen molar-refractivity contribution in [2.75, 3.05) is 5.32 Å². The number of carbonyl (C=O) groups is 2. The van der Waals surface area contributed by atoms with Gasteiger partial charge in [-0.05, 0) is 48.7 Å². The number of benzene rings is 2. The van der Waals surface area contributed by atoms with Gasteiger partial charge in [-0.25, -0.2) is 13.1 Å². The number of hydrogen-bond donors (Lipinski definition) is 2. The summed E-state index contributed by atoms with van der Waals surface area (Å²) >= 11 is 0. The van der Waals surface area contributed by atoms with Gasteiger partial charge in [0.1, 0.15) is 6.04 Å². The van der Waals surface area contributed by atoms with Gasteiger partial charge in [0.15, 0.2) is 0 Å². The molecular weight excluding hydrogens is 378 g/mol. The van der Waals surface area contributed by atoms with E-state index in [4.69, 9.17) is 0 Å². The third-order valence-corrected chi connectivity index (χ3v) is 5.82. The Labute approximate surface area is 166 Å². The third-order valence-electron chi connectivity index (χ3n) is 4.43. The van der Waals surface area contributed by atoms with Gasteiger partial charge in [-0.2, -0.15) is 0 Å². The molecule has 150 valence electrons. The molecule has 0 saturated heterocycles. The summed E-state index contributed by atoms with van der Waals surface area (Å²) in [6.07, 6.45) is 1.93. The van der Waals surface area contributed by atoms with Gasteiger partial charge >= 0.3 is 0 Å². The van der Waals surface area contributed by atoms with E-state index in [0.29, 0.717) is 5.69 Å². The van der Waals surface area contributed by atoms with Crippen LogP contribution in [0.4, 0.5) is 5.69 Å². The van der Waals surface area contributed by atoms with Crippen molar-refractivity contribution in [2.24, 2.45) is 0 Å². The molecule has 3 aromatic rings. The summed E-state index contributed by atoms with van der Waals surface area (Å²) in [4.78, 5) is 23.9. The molecule has 0 bridgehead atoms. The van der Waals surface area contributed by atoms with E-state index >= 15 is 0 Å². The molecule has 1 unspecified atom stereocenters. The highest BCUT2D eigenvalue weighted by Crippen LogP contribution is 2.21. The van der Waals surface area contributed by atoms with E-state index in [9.17, 15) is 18.0 Å². The van der Waals surface area contributed by atoms with E-state index in [-0.39, 0.29) is 20.1 Å². The Morgan fingerprint density at radius 2 is 1.75 bits per heavy atom. The van der Waals surface area contributed by atoms with Crippen molar-refractivity contribution in [2.45, 2.75) is 31.2 Å². The van der Waals surface area contributed by atoms with Gasteiger partial charge in [0.25, 0.3) is 10.0 Å². The summed E-state index contributed by atoms with van der Waals surface area (Å²) in [5.74, 6) is -0.804. The number of para-hydroxylation sites is 1. The lowest BCUT2D eigenvalue weighted by molar-refractivity contribution is -0.119. The van der Waals surface area contributed by atoms with Crippen molar-refractivity contribution in [3.63, 3.8) is 0 Å². The zero-order valence-electron chi connectivity index (χ0n) is 15.5. The fourth-order valence-corrected chi connectivity index (χ4v) is 3.87. The second kappa shape index (κ2) is 7.85. The second-order valence-corrected chi connectivity index (χ2v) is 8.04. The highest BCUT2D eigenvalue weighted by atomic mass is 32.2. The van der Waals surface area contributed by atoms with Crippen LogP contribution in [0.15, 0.2) is 65.7 Å². The molecule has 0 aliphatic rings. The zero-order chi connectivity index (χ0) is 20.3. The van der Waals surface area contributed by atoms with Crippen LogP contribution in [0.1, 0.15) is 29.2 Å². The van der Waals surface area contributed by atoms with Gasteiger partial charge in [0.2, 0.25) is 11.8 Å². The van der Waals surface area contributed by atoms with E-state index in [2.05, 4.69) is 5.32 Å². The van der Waals surface area contributed by atoms with Crippen molar-refractivity contribution >= 4 is 38.4 Å². The average molecular weight is 404 g/mol. The summed E-state index contributed by atoms with van der Waals surface area (Å²) in [5.41, 5.74) is 1.42. The Morgan fingerprint density at radius 3 is 2.43 bits per heavy atom. The average Bonchev–Trinajstić information content (AvgIpc) is 3.11. The third kappa shape index (κ3) is 4.07. The molecule has 8 heteroatoms. The maximum Gasteiger partial charge on any atom is 0.264 e. The topological polar surface area (TPSA) is 97.3 Å². The number of amides is 2. The maximum atomic E-state index is 12.6. The van der Waals surface area contributed by atoms with E-state index < -0.39 is 22.0 Å². The van der Waals surface area contributed by atoms with Gasteiger partial charge in [0.05, 0.1) is 4.90 Å². The minimum Gasteiger partial charge on any atom is -0.335 e. The molecule has 0 aliphatic carbocycles. The van der Waals surface area contributed by atoms with E-state index in [1.165, 1.54) is 24.3 Å². The SMILES string of the molecule is CCC(=O)NS(=O)(=O)c1ccc(NC(=O)C(C)n2ccc3ccccc32)cc1.[HH].[HH]. The van der Waals surface area contributed by atoms with Gasteiger partial charge in [-0.3, -0.25) is 9.59 Å². The van der Waals surface area contributed by atoms with E-state index in [1.54, 1.807) is 13.8 Å². The molecule has 28 heavy (non-hydrogen) atoms. The number of carbonyl (C=O) groups excluding carboxylic acids is 2. The van der Waals surface area contributed by atoms with Crippen molar-refractivity contribution < 1.29 is 20.9 Å². The predicted octanol–water partition coefficient (Wildman–Crippen LogP) is 3.55. The monoisotopic (exact) mass is 403 g/mol. The molecule has 0 radical (unpaired) electrons. The summed E-state index contributed by atoms with van der Waals surface area (Å²) in [7, 11) is -3.91. The lowest BCUT2D eigenvalue weighted by Crippen LogP contribution is -2.29. The molecule has 2 aromatic carbocycles. The molecule has 3 rings (SSSR count). The molecule has 0 fully saturated rings. The van der Waals surface area contributed by atoms with Crippen LogP contribution in [0.2, 0.25) is 0 Å². The van der Waals surface area contributed by atoms with Crippen molar-refractivity contribution in [1.29, 1.82) is 0 Å². The largest absolute Gasteiger partial charge is 0.335 e. The summed E-state index contributed by atoms with van der Waals surface area (Å²) in [6.45, 7) is 3.36. The molecule has 1 atom stereocenters. The van der Waals surface area contributed by atoms with Gasteiger partial charge in [-0.15, -0.1) is 0 Å². The summed E-state index contributed by atoms with van der Waals surface area (Å²) < 4.78 is 28.1. The van der Waals surface area contributed by atoms with Crippen LogP contribution in [0.3, 0.4) is 0 Å². The fraction of sp³-hybridized carbons (Fsp3) is 0.200. The van der Waals surface area contributed by atoms with Crippen LogP contribution in [-0.2, 0) is 19.6 Å². The smallest absolute Gasteiger partial charge is 0.264 e. The second-order valence-electron chi connectivity index (χ2n) is 6.35. The van der Waals surface area contributed by atoms with Crippen LogP contribution in [0, 0.1) is 0 Å². The Balaban J connectivity index is 0.00000225. The molecule has 2 N–H and O–H groups in total. The molecular formula is C20H25N3O4S. The Bertz CT molecular complexity index is 1130. The highest BCUT2D eigenvalue weighted by Gasteiger charge is 2.19. The number of nitrogens with one attached hydrogen (secondary N) is 2. The number of anilines is 1. The first-order valence-electron chi connectivity index (χ1n) is 8.84. The van der Waals surface area contributed by atoms with Crippen molar-refractivity contribution in [1.82, 2.24) is 9.29 Å². The van der Waals surface area contributed by atoms with Gasteiger partial charge < -0.3 is 9.88 Å². The van der Waals surface area contributed by atoms with Crippen molar-refractivity contribution in [3.8, 4) is 0 Å². The van der Waals surface area contributed by atoms with Crippen LogP contribution in [0.5, 0.6) is 0 Å². The first-order valence-corrected chi connectivity index (χ1v) is 10.3. The molecule has 0 aliphatic heterocycles. The number of fused-ring (bicyclic) bond motifs is 1. The summed E-state index contributed by atoms with van der Waals surface area (Å²) in [5, 5.41) is 3.83. The summed E-state index contributed by atoms with van der Waals surface area (Å²) in [6, 6.07) is 14.9. The van der Waals surface area contributed by atoms with Gasteiger partial charge in [-0.1, -0.05) is 25.1 Å². The first kappa shape index (κ1) is 19.6. The Kier molecular flexibility index (Phi) is 5.51. The van der Waals surface area contributed by atoms with Crippen LogP contribution >= 0.6 is 0 Å². The molecule has 0 saturated carbocycles. The molecule has 1 aromatic heterocycles. The van der Waals surface area contributed by atoms with Crippen LogP contribution in [-0.4, -0.2) is 24.8 Å². The minimum atomic E-state index is -3.91. The van der Waals surface area contributed by atoms with Gasteiger partial charge in [0, 0.05) is 26.7 Å². The molecule has 0 spiro atoms. The quantitative estimate of drug-likeness (QED) is 0.658. The zero-order valence-corrected chi connectivity index (χ0v) is 16.4. The maximum absolute atomic E-state index is 12.6. The molecule has 2 amide bonds. The van der Waals surface area contributed by atoms with E-state index in [0.717, 1.165) is 10.9 Å². The minimum absolute atomic E-state index is 0. The number of sulfonamides is 1. The lowest BCUT2D eigenvalue weighted by Gasteiger charge is -2.15. The Morgan fingerprint density at radius 1 is 1.07 bits per heavy atom. The van der Waals surface area contributed by atoms with E-state index in [1.807, 2.05) is 45.8 Å². The predicted molar refractivity (Wildman–Crippen MR) is 112 cm³/mol. The number of aromatic nitrogens is 1. The molecule has 7 nitrogen and oxygen atoms in total. The number of rotatable bonds is 6. The standard InChI is InChI=1S/C20H21N3O4S.2H2/c1-3-19(24)22-28(26,27)17-10-8-16(9-11-17)21-20(25)14(2)23-13-12-15-6-4-5-7-18(15)23;;/h4-14H,3H2,1-2H3,(H,21,25)(H,22,24);2*1H. The van der Waals surface area contributed by atoms with Crippen LogP contribution < -0.4 is 10.0 Å². The number of nitrogens with zero attached hydrogens (tertiary/aromatic N) is 1. The van der Waals surface area contributed by atoms with Crippen LogP contribution in [0.25, 0.3) is 10.9 Å². The Hall–Kier alpha value is -3.13.